The zero-order valence-electron chi connectivity index (χ0n) is 20.5. The number of rotatable bonds is 2. The molecular formula is C32H30Cl2SiTi. The summed E-state index contributed by atoms with van der Waals surface area (Å²) in [4.78, 5) is 0. The quantitative estimate of drug-likeness (QED) is 0.149. The van der Waals surface area contributed by atoms with Crippen LogP contribution in [0.2, 0.25) is 0 Å². The van der Waals surface area contributed by atoms with Gasteiger partial charge in [0.1, 0.15) is 0 Å². The van der Waals surface area contributed by atoms with Gasteiger partial charge in [-0.3, -0.25) is 0 Å². The van der Waals surface area contributed by atoms with Crippen LogP contribution in [-0.4, -0.2) is 6.19 Å². The average Bonchev–Trinajstić information content (AvgIpc) is 3.46. The summed E-state index contributed by atoms with van der Waals surface area (Å²) in [5.74, 6) is 0. The zero-order valence-corrected chi connectivity index (χ0v) is 24.7. The van der Waals surface area contributed by atoms with E-state index >= 15 is 0 Å². The maximum absolute atomic E-state index is 2.34. The van der Waals surface area contributed by atoms with Crippen molar-refractivity contribution in [1.82, 2.24) is 0 Å². The van der Waals surface area contributed by atoms with E-state index in [1.807, 2.05) is 0 Å². The first-order chi connectivity index (χ1) is 16.6. The molecule has 0 aliphatic carbocycles. The van der Waals surface area contributed by atoms with Gasteiger partial charge in [0, 0.05) is 0 Å². The Morgan fingerprint density at radius 3 is 1.19 bits per heavy atom. The second-order valence-electron chi connectivity index (χ2n) is 8.43. The van der Waals surface area contributed by atoms with Gasteiger partial charge in [-0.05, 0) is 0 Å². The van der Waals surface area contributed by atoms with Crippen molar-refractivity contribution >= 4 is 62.9 Å². The van der Waals surface area contributed by atoms with Crippen molar-refractivity contribution in [2.75, 3.05) is 0 Å². The number of hydrogen-bond acceptors (Lipinski definition) is 0. The minimum absolute atomic E-state index is 0. The molecule has 0 fully saturated rings. The van der Waals surface area contributed by atoms with Gasteiger partial charge >= 0.3 is 96.4 Å². The van der Waals surface area contributed by atoms with Crippen LogP contribution in [0.4, 0.5) is 0 Å². The normalized spacial score (nSPS) is 9.67. The molecule has 0 aromatic heterocycles. The van der Waals surface area contributed by atoms with Crippen LogP contribution in [0, 0.1) is 13.8 Å². The van der Waals surface area contributed by atoms with Crippen LogP contribution < -0.4 is 10.4 Å². The number of hydrogen-bond donors (Lipinski definition) is 0. The minimum atomic E-state index is -0.545. The summed E-state index contributed by atoms with van der Waals surface area (Å²) >= 11 is 2.34. The van der Waals surface area contributed by atoms with E-state index in [1.54, 1.807) is 0 Å². The molecule has 6 aromatic rings. The first-order valence-electron chi connectivity index (χ1n) is 11.5. The fourth-order valence-electron chi connectivity index (χ4n) is 3.99. The Kier molecular flexibility index (Phi) is 12.4. The molecule has 0 atom stereocenters. The average molecular weight is 561 g/mol. The van der Waals surface area contributed by atoms with E-state index in [4.69, 9.17) is 0 Å². The summed E-state index contributed by atoms with van der Waals surface area (Å²) in [6.07, 6.45) is -0.545. The van der Waals surface area contributed by atoms with E-state index < -0.39 is 6.19 Å². The van der Waals surface area contributed by atoms with Crippen molar-refractivity contribution in [2.24, 2.45) is 0 Å². The summed E-state index contributed by atoms with van der Waals surface area (Å²) in [5.41, 5.74) is 2.70. The molecule has 36 heavy (non-hydrogen) atoms. The number of fused-ring (bicyclic) bond motifs is 2. The van der Waals surface area contributed by atoms with E-state index in [-0.39, 0.29) is 24.8 Å². The first-order valence-corrected chi connectivity index (χ1v) is 15.4. The van der Waals surface area contributed by atoms with Crippen LogP contribution in [0.5, 0.6) is 0 Å². The van der Waals surface area contributed by atoms with Gasteiger partial charge in [-0.1, -0.05) is 26.0 Å². The van der Waals surface area contributed by atoms with E-state index in [2.05, 4.69) is 166 Å². The summed E-state index contributed by atoms with van der Waals surface area (Å²) in [6.45, 7) is 4.25. The molecule has 0 saturated carbocycles. The summed E-state index contributed by atoms with van der Waals surface area (Å²) < 4.78 is 0. The molecule has 0 N–H and O–H groups in total. The predicted molar refractivity (Wildman–Crippen MR) is 161 cm³/mol. The Bertz CT molecular complexity index is 1300. The van der Waals surface area contributed by atoms with Crippen molar-refractivity contribution in [2.45, 2.75) is 13.8 Å². The molecule has 0 unspecified atom stereocenters. The van der Waals surface area contributed by atoms with Crippen LogP contribution in [0.25, 0.3) is 21.5 Å². The molecule has 0 nitrogen and oxygen atoms in total. The molecule has 0 heterocycles. The Labute approximate surface area is 239 Å². The van der Waals surface area contributed by atoms with Gasteiger partial charge in [-0.15, -0.1) is 106 Å². The number of benzene rings is 4. The Balaban J connectivity index is 0.000000188. The van der Waals surface area contributed by atoms with Gasteiger partial charge in [0.25, 0.3) is 0 Å². The molecule has 0 aliphatic heterocycles. The summed E-state index contributed by atoms with van der Waals surface area (Å²) in [5, 5.41) is 8.34. The zero-order chi connectivity index (χ0) is 23.8. The number of halogens is 2. The molecule has 0 aliphatic rings. The number of aryl methyl sites for hydroxylation is 2. The molecule has 0 radical (unpaired) electrons. The van der Waals surface area contributed by atoms with Gasteiger partial charge in [0.05, 0.1) is 0 Å². The second kappa shape index (κ2) is 15.0. The summed E-state index contributed by atoms with van der Waals surface area (Å²) in [6, 6.07) is 47.2. The fraction of sp³-hybridized carbons (Fsp3) is 0.0625. The topological polar surface area (TPSA) is 0 Å². The van der Waals surface area contributed by atoms with Crippen molar-refractivity contribution < 1.29 is 19.2 Å². The van der Waals surface area contributed by atoms with Crippen LogP contribution in [0.15, 0.2) is 133 Å². The maximum atomic E-state index is 2.34. The molecule has 180 valence electrons. The van der Waals surface area contributed by atoms with Gasteiger partial charge in [-0.25, -0.2) is 0 Å². The van der Waals surface area contributed by atoms with Crippen molar-refractivity contribution in [1.29, 1.82) is 0 Å². The van der Waals surface area contributed by atoms with Crippen LogP contribution in [0.1, 0.15) is 11.1 Å². The SMILES string of the molecule is Cc1cc2ccccc2[cH-]1.Cc1cc2ccccc2[cH-]1.Cl.Cl.[Ti+2]=[Si](c1ccccc1)c1ccccc1. The Morgan fingerprint density at radius 2 is 0.833 bits per heavy atom. The molecular weight excluding hydrogens is 531 g/mol. The van der Waals surface area contributed by atoms with Gasteiger partial charge in [0.2, 0.25) is 0 Å². The van der Waals surface area contributed by atoms with Gasteiger partial charge < -0.3 is 0 Å². The fourth-order valence-corrected chi connectivity index (χ4v) is 6.93. The monoisotopic (exact) mass is 560 g/mol. The molecule has 6 rings (SSSR count). The van der Waals surface area contributed by atoms with E-state index in [0.29, 0.717) is 0 Å². The third-order valence-electron chi connectivity index (χ3n) is 5.65. The molecule has 0 saturated heterocycles. The van der Waals surface area contributed by atoms with E-state index in [9.17, 15) is 0 Å². The third-order valence-corrected chi connectivity index (χ3v) is 10.2. The predicted octanol–water partition coefficient (Wildman–Crippen LogP) is 7.92. The second-order valence-corrected chi connectivity index (χ2v) is 12.7. The molecule has 0 amide bonds. The van der Waals surface area contributed by atoms with Gasteiger partial charge in [0.15, 0.2) is 0 Å². The standard InChI is InChI=1S/C12H10Si.2C10H9.2ClH.Ti/c1-3-7-11(8-4-1)13-12-9-5-2-6-10-12;2*1-8-6-9-4-2-3-5-10(9)7-8;;;/h1-10H;2*2-7H,1H3;2*1H;/q;2*-1;;;+2. The molecule has 0 spiro atoms. The van der Waals surface area contributed by atoms with Crippen LogP contribution in [0.3, 0.4) is 0 Å². The van der Waals surface area contributed by atoms with E-state index in [0.717, 1.165) is 0 Å². The Morgan fingerprint density at radius 1 is 0.500 bits per heavy atom. The van der Waals surface area contributed by atoms with Crippen LogP contribution in [-0.2, 0) is 19.2 Å². The van der Waals surface area contributed by atoms with Crippen molar-refractivity contribution in [3.05, 3.63) is 145 Å². The Hall–Kier alpha value is -2.39. The molecule has 4 heteroatoms. The van der Waals surface area contributed by atoms with Gasteiger partial charge in [-0.2, -0.15) is 12.1 Å². The summed E-state index contributed by atoms with van der Waals surface area (Å²) in [7, 11) is 0. The molecule has 0 bridgehead atoms. The third kappa shape index (κ3) is 8.34. The molecule has 6 aromatic carbocycles. The first kappa shape index (κ1) is 29.8. The van der Waals surface area contributed by atoms with E-state index in [1.165, 1.54) is 43.0 Å². The van der Waals surface area contributed by atoms with Crippen molar-refractivity contribution in [3.63, 3.8) is 0 Å². The van der Waals surface area contributed by atoms with Crippen LogP contribution >= 0.6 is 24.8 Å². The van der Waals surface area contributed by atoms with Crippen molar-refractivity contribution in [3.8, 4) is 0 Å².